The number of ether oxygens (including phenoxy) is 12. The zero-order chi connectivity index (χ0) is 46.2. The first-order chi connectivity index (χ1) is 29.0. The van der Waals surface area contributed by atoms with Crippen LogP contribution in [0.4, 0.5) is 0 Å². The third-order valence-corrected chi connectivity index (χ3v) is 10.9. The van der Waals surface area contributed by atoms with E-state index < -0.39 is 63.9 Å². The Morgan fingerprint density at radius 3 is 1.03 bits per heavy atom. The zero-order valence-corrected chi connectivity index (χ0v) is 40.0. The Hall–Kier alpha value is -2.50. The van der Waals surface area contributed by atoms with E-state index in [1.807, 2.05) is 83.1 Å². The lowest BCUT2D eigenvalue weighted by molar-refractivity contribution is -0.505. The summed E-state index contributed by atoms with van der Waals surface area (Å²) in [5.41, 5.74) is -4.82. The molecular formula is C47H80O14. The van der Waals surface area contributed by atoms with Gasteiger partial charge in [0.25, 0.3) is 23.1 Å². The minimum atomic E-state index is -2.09. The van der Waals surface area contributed by atoms with E-state index in [-0.39, 0.29) is 77.2 Å². The van der Waals surface area contributed by atoms with Crippen LogP contribution in [0.5, 0.6) is 0 Å². The fourth-order valence-corrected chi connectivity index (χ4v) is 8.63. The molecule has 0 aliphatic heterocycles. The second-order valence-corrected chi connectivity index (χ2v) is 15.6. The minimum absolute atomic E-state index is 0.0652. The Labute approximate surface area is 366 Å². The van der Waals surface area contributed by atoms with E-state index in [0.29, 0.717) is 25.7 Å². The molecule has 8 atom stereocenters. The maximum atomic E-state index is 13.5. The standard InChI is InChI=1S/C47H80O14/c1-17-31-56-44(52-23-7)37(60-39(48)35(11)12)27-29-42(50-21-5,46(44,54-25-9)58-33-19-3)41(15,16)43(51-22-6)30-28-38(61-40(49)36(13)14)45(53-24-8,57-32-18-2)47(43,55-26-10)59-34-20-4/h27-30,37-38H,11,13,17-26,31-34H2,1-10,12,14-16H3. The van der Waals surface area contributed by atoms with E-state index in [2.05, 4.69) is 13.2 Å². The molecule has 0 aromatic carbocycles. The molecule has 0 aromatic heterocycles. The van der Waals surface area contributed by atoms with Crippen molar-refractivity contribution in [3.63, 3.8) is 0 Å². The lowest BCUT2D eigenvalue weighted by atomic mass is 9.52. The van der Waals surface area contributed by atoms with Crippen molar-refractivity contribution in [2.24, 2.45) is 5.41 Å². The molecule has 0 spiro atoms. The van der Waals surface area contributed by atoms with Crippen molar-refractivity contribution in [1.29, 1.82) is 0 Å². The van der Waals surface area contributed by atoms with Crippen LogP contribution in [0.2, 0.25) is 0 Å². The SMILES string of the molecule is C=C(C)C(=O)OC1C=CC(OCC)(C(C)(C)C2(OCC)C=CC(OC(=O)C(=C)C)C(OCC)(OCCC)C2(OCC)OCCC)C(OCC)(OCCC)C1(OCC)OCCC. The Bertz CT molecular complexity index is 1370. The Morgan fingerprint density at radius 2 is 0.770 bits per heavy atom. The van der Waals surface area contributed by atoms with Crippen LogP contribution < -0.4 is 0 Å². The second-order valence-electron chi connectivity index (χ2n) is 15.6. The zero-order valence-electron chi connectivity index (χ0n) is 40.0. The Kier molecular flexibility index (Phi) is 21.5. The summed E-state index contributed by atoms with van der Waals surface area (Å²) in [4.78, 5) is 27.1. The topological polar surface area (TPSA) is 145 Å². The molecular weight excluding hydrogens is 789 g/mol. The molecule has 61 heavy (non-hydrogen) atoms. The van der Waals surface area contributed by atoms with Gasteiger partial charge in [0.05, 0.1) is 26.4 Å². The monoisotopic (exact) mass is 869 g/mol. The second kappa shape index (κ2) is 24.0. The molecule has 0 amide bonds. The largest absolute Gasteiger partial charge is 0.449 e. The van der Waals surface area contributed by atoms with Gasteiger partial charge in [-0.2, -0.15) is 0 Å². The molecule has 14 nitrogen and oxygen atoms in total. The van der Waals surface area contributed by atoms with Gasteiger partial charge in [-0.25, -0.2) is 9.59 Å². The lowest BCUT2D eigenvalue weighted by Gasteiger charge is -2.69. The van der Waals surface area contributed by atoms with Crippen molar-refractivity contribution >= 4 is 11.9 Å². The molecule has 352 valence electrons. The van der Waals surface area contributed by atoms with Gasteiger partial charge in [0, 0.05) is 56.2 Å². The summed E-state index contributed by atoms with van der Waals surface area (Å²) < 4.78 is 83.1. The summed E-state index contributed by atoms with van der Waals surface area (Å²) in [6.45, 7) is 34.6. The number of rotatable bonds is 30. The van der Waals surface area contributed by atoms with E-state index in [1.54, 1.807) is 38.2 Å². The number of esters is 2. The third kappa shape index (κ3) is 9.65. The average Bonchev–Trinajstić information content (AvgIpc) is 3.22. The highest BCUT2D eigenvalue weighted by Gasteiger charge is 2.86. The van der Waals surface area contributed by atoms with Crippen molar-refractivity contribution < 1.29 is 66.4 Å². The molecule has 0 radical (unpaired) electrons. The predicted octanol–water partition coefficient (Wildman–Crippen LogP) is 8.32. The molecule has 0 bridgehead atoms. The summed E-state index contributed by atoms with van der Waals surface area (Å²) in [5.74, 6) is -9.56. The predicted molar refractivity (Wildman–Crippen MR) is 233 cm³/mol. The highest BCUT2D eigenvalue weighted by molar-refractivity contribution is 5.87. The molecule has 0 aromatic rings. The Balaban J connectivity index is 3.60. The molecule has 2 aliphatic carbocycles. The maximum Gasteiger partial charge on any atom is 0.333 e. The van der Waals surface area contributed by atoms with E-state index >= 15 is 0 Å². The first kappa shape index (κ1) is 54.6. The van der Waals surface area contributed by atoms with Crippen molar-refractivity contribution in [1.82, 2.24) is 0 Å². The minimum Gasteiger partial charge on any atom is -0.449 e. The molecule has 2 rings (SSSR count). The van der Waals surface area contributed by atoms with Gasteiger partial charge < -0.3 is 56.8 Å². The van der Waals surface area contributed by atoms with Crippen molar-refractivity contribution in [2.75, 3.05) is 66.1 Å². The highest BCUT2D eigenvalue weighted by Crippen LogP contribution is 2.66. The van der Waals surface area contributed by atoms with Gasteiger partial charge in [-0.3, -0.25) is 0 Å². The van der Waals surface area contributed by atoms with Gasteiger partial charge in [0.1, 0.15) is 0 Å². The fourth-order valence-electron chi connectivity index (χ4n) is 8.63. The van der Waals surface area contributed by atoms with Gasteiger partial charge in [-0.05, 0) is 105 Å². The molecule has 0 saturated heterocycles. The van der Waals surface area contributed by atoms with Gasteiger partial charge in [-0.15, -0.1) is 0 Å². The van der Waals surface area contributed by atoms with E-state index in [9.17, 15) is 9.59 Å². The summed E-state index contributed by atoms with van der Waals surface area (Å²) in [7, 11) is 0. The average molecular weight is 869 g/mol. The fraction of sp³-hybridized carbons (Fsp3) is 0.787. The van der Waals surface area contributed by atoms with Crippen LogP contribution in [0.15, 0.2) is 48.6 Å². The number of hydrogen-bond acceptors (Lipinski definition) is 14. The van der Waals surface area contributed by atoms with Crippen molar-refractivity contribution in [2.45, 2.75) is 169 Å². The van der Waals surface area contributed by atoms with Crippen LogP contribution in [-0.2, 0) is 66.4 Å². The molecule has 14 heteroatoms. The van der Waals surface area contributed by atoms with Crippen molar-refractivity contribution in [3.05, 3.63) is 48.6 Å². The van der Waals surface area contributed by atoms with Gasteiger partial charge in [0.2, 0.25) is 0 Å². The molecule has 0 saturated carbocycles. The van der Waals surface area contributed by atoms with Crippen LogP contribution in [0.1, 0.15) is 123 Å². The summed E-state index contributed by atoms with van der Waals surface area (Å²) >= 11 is 0. The summed E-state index contributed by atoms with van der Waals surface area (Å²) in [6, 6.07) is 0. The summed E-state index contributed by atoms with van der Waals surface area (Å²) in [5, 5.41) is 0. The van der Waals surface area contributed by atoms with Crippen LogP contribution in [0.25, 0.3) is 0 Å². The maximum absolute atomic E-state index is 13.5. The number of hydrogen-bond donors (Lipinski definition) is 0. The van der Waals surface area contributed by atoms with Crippen LogP contribution >= 0.6 is 0 Å². The van der Waals surface area contributed by atoms with Crippen LogP contribution in [0, 0.1) is 5.41 Å². The molecule has 0 heterocycles. The molecule has 8 unspecified atom stereocenters. The van der Waals surface area contributed by atoms with E-state index in [4.69, 9.17) is 56.8 Å². The Morgan fingerprint density at radius 1 is 0.475 bits per heavy atom. The first-order valence-electron chi connectivity index (χ1n) is 22.5. The van der Waals surface area contributed by atoms with Gasteiger partial charge >= 0.3 is 11.9 Å². The normalized spacial score (nSPS) is 31.2. The number of carbonyl (C=O) groups is 2. The summed E-state index contributed by atoms with van der Waals surface area (Å²) in [6.07, 6.45) is 6.68. The quantitative estimate of drug-likeness (QED) is 0.0295. The van der Waals surface area contributed by atoms with Crippen LogP contribution in [-0.4, -0.2) is 125 Å². The smallest absolute Gasteiger partial charge is 0.333 e. The third-order valence-electron chi connectivity index (χ3n) is 10.9. The van der Waals surface area contributed by atoms with Crippen molar-refractivity contribution in [3.8, 4) is 0 Å². The van der Waals surface area contributed by atoms with E-state index in [0.717, 1.165) is 0 Å². The molecule has 0 N–H and O–H groups in total. The van der Waals surface area contributed by atoms with Gasteiger partial charge in [-0.1, -0.05) is 54.7 Å². The van der Waals surface area contributed by atoms with Gasteiger partial charge in [0.15, 0.2) is 23.4 Å². The highest BCUT2D eigenvalue weighted by atomic mass is 16.8. The first-order valence-corrected chi connectivity index (χ1v) is 22.5. The number of carbonyl (C=O) groups excluding carboxylic acids is 2. The lowest BCUT2D eigenvalue weighted by Crippen LogP contribution is -2.88. The van der Waals surface area contributed by atoms with Crippen LogP contribution in [0.3, 0.4) is 0 Å². The molecule has 2 aliphatic rings. The van der Waals surface area contributed by atoms with E-state index in [1.165, 1.54) is 0 Å². The molecule has 0 fully saturated rings.